The van der Waals surface area contributed by atoms with Crippen molar-refractivity contribution in [3.8, 4) is 11.5 Å². The third kappa shape index (κ3) is 5.34. The molecule has 7 heteroatoms. The minimum atomic E-state index is -1.03. The molecule has 0 saturated carbocycles. The molecule has 1 aliphatic rings. The summed E-state index contributed by atoms with van der Waals surface area (Å²) in [5, 5.41) is 11.0. The molecule has 1 aromatic heterocycles. The van der Waals surface area contributed by atoms with Crippen molar-refractivity contribution >= 4 is 0 Å². The van der Waals surface area contributed by atoms with Crippen LogP contribution >= 0.6 is 0 Å². The Morgan fingerprint density at radius 2 is 1.44 bits per heavy atom. The van der Waals surface area contributed by atoms with Crippen molar-refractivity contribution < 1.29 is 24.1 Å². The molecule has 202 valence electrons. The van der Waals surface area contributed by atoms with Gasteiger partial charge in [0, 0.05) is 18.7 Å². The first kappa shape index (κ1) is 26.7. The van der Waals surface area contributed by atoms with Crippen LogP contribution in [-0.4, -0.2) is 42.7 Å². The third-order valence-electron chi connectivity index (χ3n) is 7.26. The van der Waals surface area contributed by atoms with Crippen LogP contribution in [0.2, 0.25) is 0 Å². The van der Waals surface area contributed by atoms with Gasteiger partial charge in [0.15, 0.2) is 0 Å². The topological polar surface area (TPSA) is 79.2 Å². The lowest BCUT2D eigenvalue weighted by atomic mass is 9.80. The molecule has 1 fully saturated rings. The molecule has 3 aromatic carbocycles. The number of aliphatic hydroxyl groups excluding tert-OH is 1. The number of aryl methyl sites for hydroxylation is 1. The molecule has 7 nitrogen and oxygen atoms in total. The van der Waals surface area contributed by atoms with Gasteiger partial charge in [0.25, 0.3) is 5.56 Å². The van der Waals surface area contributed by atoms with Gasteiger partial charge in [-0.05, 0) is 59.5 Å². The monoisotopic (exact) mass is 527 g/mol. The molecule has 1 aliphatic heterocycles. The molecular weight excluding hydrogens is 494 g/mol. The molecular formula is C32H33NO6. The number of aliphatic hydroxyl groups is 1. The number of aromatic nitrogens is 1. The predicted molar refractivity (Wildman–Crippen MR) is 148 cm³/mol. The number of nitrogens with zero attached hydrogens (tertiary/aromatic N) is 1. The van der Waals surface area contributed by atoms with Gasteiger partial charge >= 0.3 is 0 Å². The van der Waals surface area contributed by atoms with Crippen LogP contribution in [0.15, 0.2) is 102 Å². The van der Waals surface area contributed by atoms with Crippen molar-refractivity contribution in [3.63, 3.8) is 0 Å². The summed E-state index contributed by atoms with van der Waals surface area (Å²) in [5.74, 6) is 1.47. The normalized spacial score (nSPS) is 19.1. The van der Waals surface area contributed by atoms with Crippen molar-refractivity contribution in [1.82, 2.24) is 4.57 Å². The smallest absolute Gasteiger partial charge is 0.252 e. The Bertz CT molecular complexity index is 1380. The van der Waals surface area contributed by atoms with Crippen molar-refractivity contribution in [3.05, 3.63) is 130 Å². The highest BCUT2D eigenvalue weighted by atomic mass is 16.6. The number of methoxy groups -OCH3 is 2. The van der Waals surface area contributed by atoms with Crippen LogP contribution in [0.5, 0.6) is 11.5 Å². The summed E-state index contributed by atoms with van der Waals surface area (Å²) in [6, 6.07) is 28.9. The zero-order chi connectivity index (χ0) is 27.4. The van der Waals surface area contributed by atoms with E-state index in [1.165, 1.54) is 4.57 Å². The zero-order valence-corrected chi connectivity index (χ0v) is 22.3. The number of benzene rings is 3. The number of hydrogen-bond acceptors (Lipinski definition) is 6. The van der Waals surface area contributed by atoms with Gasteiger partial charge in [-0.1, -0.05) is 54.6 Å². The van der Waals surface area contributed by atoms with E-state index in [1.807, 2.05) is 91.9 Å². The first-order valence-corrected chi connectivity index (χ1v) is 13.0. The maximum atomic E-state index is 12.6. The SMILES string of the molecule is COc1ccc(C(OC[C@H]2O[C@@H](n3ccc(C)cc3=O)C[C@@H]2O)(c2ccccc2)c2ccc(OC)cc2)cc1. The first-order valence-electron chi connectivity index (χ1n) is 13.0. The van der Waals surface area contributed by atoms with Gasteiger partial charge in [0.2, 0.25) is 0 Å². The highest BCUT2D eigenvalue weighted by Crippen LogP contribution is 2.42. The van der Waals surface area contributed by atoms with Gasteiger partial charge in [-0.3, -0.25) is 9.36 Å². The molecule has 0 amide bonds. The van der Waals surface area contributed by atoms with Crippen LogP contribution in [0.1, 0.15) is 34.9 Å². The fourth-order valence-electron chi connectivity index (χ4n) is 5.14. The lowest BCUT2D eigenvalue weighted by Crippen LogP contribution is -2.38. The maximum absolute atomic E-state index is 12.6. The summed E-state index contributed by atoms with van der Waals surface area (Å²) in [4.78, 5) is 12.6. The molecule has 0 bridgehead atoms. The zero-order valence-electron chi connectivity index (χ0n) is 22.3. The average molecular weight is 528 g/mol. The molecule has 4 aromatic rings. The quantitative estimate of drug-likeness (QED) is 0.314. The Hall–Kier alpha value is -3.91. The Morgan fingerprint density at radius 3 is 1.97 bits per heavy atom. The third-order valence-corrected chi connectivity index (χ3v) is 7.26. The number of hydrogen-bond donors (Lipinski definition) is 1. The van der Waals surface area contributed by atoms with E-state index in [-0.39, 0.29) is 12.2 Å². The van der Waals surface area contributed by atoms with Crippen LogP contribution in [0, 0.1) is 6.92 Å². The molecule has 3 atom stereocenters. The fourth-order valence-corrected chi connectivity index (χ4v) is 5.14. The summed E-state index contributed by atoms with van der Waals surface area (Å²) in [6.45, 7) is 1.96. The summed E-state index contributed by atoms with van der Waals surface area (Å²) in [7, 11) is 3.27. The van der Waals surface area contributed by atoms with Crippen molar-refractivity contribution in [2.24, 2.45) is 0 Å². The highest BCUT2D eigenvalue weighted by molar-refractivity contribution is 5.49. The van der Waals surface area contributed by atoms with E-state index in [4.69, 9.17) is 18.9 Å². The minimum Gasteiger partial charge on any atom is -0.497 e. The molecule has 0 radical (unpaired) electrons. The van der Waals surface area contributed by atoms with Gasteiger partial charge in [-0.2, -0.15) is 0 Å². The summed E-state index contributed by atoms with van der Waals surface area (Å²) < 4.78 is 25.4. The molecule has 0 aliphatic carbocycles. The number of rotatable bonds is 9. The van der Waals surface area contributed by atoms with Crippen molar-refractivity contribution in [2.75, 3.05) is 20.8 Å². The van der Waals surface area contributed by atoms with Gasteiger partial charge in [-0.25, -0.2) is 0 Å². The van der Waals surface area contributed by atoms with Crippen LogP contribution in [0.3, 0.4) is 0 Å². The van der Waals surface area contributed by atoms with E-state index in [1.54, 1.807) is 26.5 Å². The predicted octanol–water partition coefficient (Wildman–Crippen LogP) is 4.83. The van der Waals surface area contributed by atoms with Crippen LogP contribution in [-0.2, 0) is 15.1 Å². The molecule has 2 heterocycles. The van der Waals surface area contributed by atoms with Crippen LogP contribution in [0.25, 0.3) is 0 Å². The second-order valence-corrected chi connectivity index (χ2v) is 9.70. The van der Waals surface area contributed by atoms with Crippen molar-refractivity contribution in [2.45, 2.75) is 37.4 Å². The largest absolute Gasteiger partial charge is 0.497 e. The van der Waals surface area contributed by atoms with Gasteiger partial charge < -0.3 is 24.1 Å². The Kier molecular flexibility index (Phi) is 7.84. The molecule has 1 N–H and O–H groups in total. The molecule has 0 spiro atoms. The van der Waals surface area contributed by atoms with Gasteiger partial charge in [0.1, 0.15) is 29.4 Å². The van der Waals surface area contributed by atoms with Gasteiger partial charge in [-0.15, -0.1) is 0 Å². The van der Waals surface area contributed by atoms with E-state index in [9.17, 15) is 9.90 Å². The van der Waals surface area contributed by atoms with Gasteiger partial charge in [0.05, 0.1) is 26.9 Å². The second kappa shape index (κ2) is 11.5. The Morgan fingerprint density at radius 1 is 0.872 bits per heavy atom. The Balaban J connectivity index is 1.53. The fraction of sp³-hybridized carbons (Fsp3) is 0.281. The number of ether oxygens (including phenoxy) is 4. The van der Waals surface area contributed by atoms with E-state index in [0.29, 0.717) is 6.42 Å². The van der Waals surface area contributed by atoms with Crippen LogP contribution in [0.4, 0.5) is 0 Å². The maximum Gasteiger partial charge on any atom is 0.252 e. The van der Waals surface area contributed by atoms with Crippen LogP contribution < -0.4 is 15.0 Å². The summed E-state index contributed by atoms with van der Waals surface area (Å²) >= 11 is 0. The molecule has 39 heavy (non-hydrogen) atoms. The van der Waals surface area contributed by atoms with Crippen molar-refractivity contribution in [1.29, 1.82) is 0 Å². The second-order valence-electron chi connectivity index (χ2n) is 9.70. The summed E-state index contributed by atoms with van der Waals surface area (Å²) in [6.07, 6.45) is -0.0113. The lowest BCUT2D eigenvalue weighted by molar-refractivity contribution is -0.0942. The summed E-state index contributed by atoms with van der Waals surface area (Å²) in [5.41, 5.74) is 2.38. The Labute approximate surface area is 228 Å². The van der Waals surface area contributed by atoms with E-state index in [0.717, 1.165) is 33.8 Å². The molecule has 0 unspecified atom stereocenters. The average Bonchev–Trinajstić information content (AvgIpc) is 3.34. The highest BCUT2D eigenvalue weighted by Gasteiger charge is 2.42. The van der Waals surface area contributed by atoms with E-state index >= 15 is 0 Å². The molecule has 1 saturated heterocycles. The molecule has 5 rings (SSSR count). The first-order chi connectivity index (χ1) is 18.9. The van der Waals surface area contributed by atoms with E-state index in [2.05, 4.69) is 0 Å². The minimum absolute atomic E-state index is 0.0885. The number of pyridine rings is 1. The lowest BCUT2D eigenvalue weighted by Gasteiger charge is -2.37. The van der Waals surface area contributed by atoms with E-state index < -0.39 is 24.0 Å². The standard InChI is InChI=1S/C32H33NO6/c1-22-17-18-33(30(35)19-22)31-20-28(34)29(39-31)21-38-32(23-7-5-4-6-8-23,24-9-13-26(36-2)14-10-24)25-11-15-27(37-3)16-12-25/h4-19,28-29,31,34H,20-21H2,1-3H3/t28-,29+,31+/m0/s1.